The van der Waals surface area contributed by atoms with Crippen LogP contribution in [-0.2, 0) is 16.1 Å². The fourth-order valence-corrected chi connectivity index (χ4v) is 2.16. The topological polar surface area (TPSA) is 112 Å². The van der Waals surface area contributed by atoms with E-state index in [-0.39, 0.29) is 42.6 Å². The highest BCUT2D eigenvalue weighted by Gasteiger charge is 2.21. The number of hydrogen-bond acceptors (Lipinski definition) is 7. The summed E-state index contributed by atoms with van der Waals surface area (Å²) in [6, 6.07) is 5.86. The van der Waals surface area contributed by atoms with Gasteiger partial charge in [-0.05, 0) is 26.8 Å². The molecule has 2 aromatic rings. The molecule has 1 amide bonds. The number of hydrogen-bond donors (Lipinski definition) is 0. The standard InChI is InChI=1S/C16H20N4O5/c1-4-24-10-15(21)19(11(2)3)9-14-17-18-16(25-14)12-6-5-7-13(8-12)20(22)23/h5-8,11H,4,9-10H2,1-3H3. The van der Waals surface area contributed by atoms with E-state index >= 15 is 0 Å². The summed E-state index contributed by atoms with van der Waals surface area (Å²) in [5, 5.41) is 18.7. The third kappa shape index (κ3) is 4.83. The Kier molecular flexibility index (Phi) is 6.18. The SMILES string of the molecule is CCOCC(=O)N(Cc1nnc(-c2cccc([N+](=O)[O-])c2)o1)C(C)C. The number of rotatable bonds is 8. The zero-order valence-electron chi connectivity index (χ0n) is 14.3. The number of aromatic nitrogens is 2. The lowest BCUT2D eigenvalue weighted by Crippen LogP contribution is -2.38. The van der Waals surface area contributed by atoms with Crippen molar-refractivity contribution >= 4 is 11.6 Å². The van der Waals surface area contributed by atoms with Gasteiger partial charge in [-0.25, -0.2) is 0 Å². The van der Waals surface area contributed by atoms with Gasteiger partial charge >= 0.3 is 0 Å². The molecule has 9 heteroatoms. The number of nitro benzene ring substituents is 1. The van der Waals surface area contributed by atoms with Crippen LogP contribution in [0.15, 0.2) is 28.7 Å². The molecule has 0 atom stereocenters. The summed E-state index contributed by atoms with van der Waals surface area (Å²) in [5.41, 5.74) is 0.387. The molecule has 0 bridgehead atoms. The van der Waals surface area contributed by atoms with Crippen molar-refractivity contribution in [2.45, 2.75) is 33.4 Å². The highest BCUT2D eigenvalue weighted by molar-refractivity contribution is 5.77. The van der Waals surface area contributed by atoms with Gasteiger partial charge in [0.05, 0.1) is 11.5 Å². The van der Waals surface area contributed by atoms with Gasteiger partial charge in [-0.3, -0.25) is 14.9 Å². The first-order valence-electron chi connectivity index (χ1n) is 7.86. The average Bonchev–Trinajstić information content (AvgIpc) is 3.06. The van der Waals surface area contributed by atoms with Crippen LogP contribution in [0.5, 0.6) is 0 Å². The van der Waals surface area contributed by atoms with Crippen molar-refractivity contribution < 1.29 is 18.9 Å². The second kappa shape index (κ2) is 8.34. The van der Waals surface area contributed by atoms with E-state index in [2.05, 4.69) is 10.2 Å². The second-order valence-corrected chi connectivity index (χ2v) is 5.56. The Labute approximate surface area is 144 Å². The van der Waals surface area contributed by atoms with Crippen molar-refractivity contribution in [3.05, 3.63) is 40.3 Å². The van der Waals surface area contributed by atoms with E-state index in [1.807, 2.05) is 20.8 Å². The minimum atomic E-state index is -0.492. The molecule has 0 saturated heterocycles. The molecule has 1 heterocycles. The first kappa shape index (κ1) is 18.5. The lowest BCUT2D eigenvalue weighted by atomic mass is 10.2. The number of nitro groups is 1. The third-order valence-corrected chi connectivity index (χ3v) is 3.45. The number of benzene rings is 1. The molecule has 0 fully saturated rings. The van der Waals surface area contributed by atoms with Gasteiger partial charge in [-0.1, -0.05) is 6.07 Å². The van der Waals surface area contributed by atoms with Crippen molar-refractivity contribution in [2.24, 2.45) is 0 Å². The molecule has 2 rings (SSSR count). The molecule has 0 radical (unpaired) electrons. The predicted molar refractivity (Wildman–Crippen MR) is 88.6 cm³/mol. The van der Waals surface area contributed by atoms with Crippen molar-refractivity contribution in [1.29, 1.82) is 0 Å². The summed E-state index contributed by atoms with van der Waals surface area (Å²) in [6.07, 6.45) is 0. The molecular weight excluding hydrogens is 328 g/mol. The van der Waals surface area contributed by atoms with Crippen LogP contribution in [0.4, 0.5) is 5.69 Å². The van der Waals surface area contributed by atoms with Gasteiger partial charge in [0.25, 0.3) is 5.69 Å². The Bertz CT molecular complexity index is 744. The molecule has 0 aliphatic carbocycles. The minimum Gasteiger partial charge on any atom is -0.419 e. The summed E-state index contributed by atoms with van der Waals surface area (Å²) < 4.78 is 10.7. The number of nitrogens with zero attached hydrogens (tertiary/aromatic N) is 4. The lowest BCUT2D eigenvalue weighted by molar-refractivity contribution is -0.384. The average molecular weight is 348 g/mol. The van der Waals surface area contributed by atoms with Crippen LogP contribution in [0.3, 0.4) is 0 Å². The lowest BCUT2D eigenvalue weighted by Gasteiger charge is -2.24. The molecule has 25 heavy (non-hydrogen) atoms. The molecule has 0 aliphatic rings. The highest BCUT2D eigenvalue weighted by atomic mass is 16.6. The molecule has 0 N–H and O–H groups in total. The quantitative estimate of drug-likeness (QED) is 0.532. The third-order valence-electron chi connectivity index (χ3n) is 3.45. The van der Waals surface area contributed by atoms with Crippen LogP contribution in [0.2, 0.25) is 0 Å². The van der Waals surface area contributed by atoms with Crippen LogP contribution in [0.25, 0.3) is 11.5 Å². The predicted octanol–water partition coefficient (Wildman–Crippen LogP) is 2.42. The number of carbonyl (C=O) groups excluding carboxylic acids is 1. The normalized spacial score (nSPS) is 10.9. The van der Waals surface area contributed by atoms with Crippen LogP contribution in [0.1, 0.15) is 26.7 Å². The number of non-ortho nitro benzene ring substituents is 1. The molecule has 0 spiro atoms. The summed E-state index contributed by atoms with van der Waals surface area (Å²) in [5.74, 6) is 0.242. The van der Waals surface area contributed by atoms with Crippen LogP contribution < -0.4 is 0 Å². The van der Waals surface area contributed by atoms with E-state index in [4.69, 9.17) is 9.15 Å². The summed E-state index contributed by atoms with van der Waals surface area (Å²) >= 11 is 0. The highest BCUT2D eigenvalue weighted by Crippen LogP contribution is 2.23. The molecule has 0 unspecified atom stereocenters. The summed E-state index contributed by atoms with van der Waals surface area (Å²) in [6.45, 7) is 6.15. The second-order valence-electron chi connectivity index (χ2n) is 5.56. The zero-order chi connectivity index (χ0) is 18.4. The van der Waals surface area contributed by atoms with E-state index in [0.717, 1.165) is 0 Å². The maximum atomic E-state index is 12.2. The Morgan fingerprint density at radius 2 is 2.16 bits per heavy atom. The van der Waals surface area contributed by atoms with Crippen LogP contribution in [-0.4, -0.2) is 45.2 Å². The van der Waals surface area contributed by atoms with Crippen LogP contribution in [0, 0.1) is 10.1 Å². The Hall–Kier alpha value is -2.81. The Balaban J connectivity index is 2.15. The van der Waals surface area contributed by atoms with Crippen molar-refractivity contribution in [2.75, 3.05) is 13.2 Å². The van der Waals surface area contributed by atoms with Gasteiger partial charge in [0.15, 0.2) is 0 Å². The van der Waals surface area contributed by atoms with E-state index in [0.29, 0.717) is 12.2 Å². The molecule has 0 saturated carbocycles. The van der Waals surface area contributed by atoms with Crippen molar-refractivity contribution in [1.82, 2.24) is 15.1 Å². The molecular formula is C16H20N4O5. The Morgan fingerprint density at radius 1 is 1.40 bits per heavy atom. The molecule has 1 aromatic heterocycles. The molecule has 134 valence electrons. The maximum Gasteiger partial charge on any atom is 0.270 e. The van der Waals surface area contributed by atoms with E-state index in [9.17, 15) is 14.9 Å². The first-order valence-corrected chi connectivity index (χ1v) is 7.86. The molecule has 0 aliphatic heterocycles. The van der Waals surface area contributed by atoms with Crippen LogP contribution >= 0.6 is 0 Å². The number of carbonyl (C=O) groups is 1. The van der Waals surface area contributed by atoms with Gasteiger partial charge in [0, 0.05) is 30.3 Å². The largest absolute Gasteiger partial charge is 0.419 e. The van der Waals surface area contributed by atoms with Gasteiger partial charge in [0.2, 0.25) is 17.7 Å². The zero-order valence-corrected chi connectivity index (χ0v) is 14.3. The minimum absolute atomic E-state index is 0.0133. The maximum absolute atomic E-state index is 12.2. The number of ether oxygens (including phenoxy) is 1. The van der Waals surface area contributed by atoms with Crippen molar-refractivity contribution in [3.63, 3.8) is 0 Å². The first-order chi connectivity index (χ1) is 11.9. The Morgan fingerprint density at radius 3 is 2.80 bits per heavy atom. The van der Waals surface area contributed by atoms with Gasteiger partial charge in [-0.2, -0.15) is 0 Å². The molecule has 1 aromatic carbocycles. The fraction of sp³-hybridized carbons (Fsp3) is 0.438. The molecule has 9 nitrogen and oxygen atoms in total. The van der Waals surface area contributed by atoms with Gasteiger partial charge in [-0.15, -0.1) is 10.2 Å². The fourth-order valence-electron chi connectivity index (χ4n) is 2.16. The van der Waals surface area contributed by atoms with E-state index < -0.39 is 4.92 Å². The van der Waals surface area contributed by atoms with E-state index in [1.165, 1.54) is 12.1 Å². The van der Waals surface area contributed by atoms with E-state index in [1.54, 1.807) is 17.0 Å². The van der Waals surface area contributed by atoms with Gasteiger partial charge < -0.3 is 14.1 Å². The number of amides is 1. The van der Waals surface area contributed by atoms with Gasteiger partial charge in [0.1, 0.15) is 6.61 Å². The van der Waals surface area contributed by atoms with Crippen molar-refractivity contribution in [3.8, 4) is 11.5 Å². The summed E-state index contributed by atoms with van der Waals surface area (Å²) in [7, 11) is 0. The smallest absolute Gasteiger partial charge is 0.270 e. The summed E-state index contributed by atoms with van der Waals surface area (Å²) in [4.78, 5) is 24.1. The monoisotopic (exact) mass is 348 g/mol.